The van der Waals surface area contributed by atoms with Crippen molar-refractivity contribution in [3.63, 3.8) is 0 Å². The van der Waals surface area contributed by atoms with E-state index in [0.29, 0.717) is 13.1 Å². The molecule has 1 aliphatic rings. The summed E-state index contributed by atoms with van der Waals surface area (Å²) in [5, 5.41) is 6.42. The van der Waals surface area contributed by atoms with Crippen LogP contribution in [0.4, 0.5) is 5.69 Å². The van der Waals surface area contributed by atoms with Crippen molar-refractivity contribution in [3.05, 3.63) is 78.9 Å². The molecule has 0 heterocycles. The predicted octanol–water partition coefficient (Wildman–Crippen LogP) is 5.67. The van der Waals surface area contributed by atoms with Gasteiger partial charge < -0.3 is 20.1 Å². The van der Waals surface area contributed by atoms with E-state index < -0.39 is 5.60 Å². The Morgan fingerprint density at radius 2 is 1.42 bits per heavy atom. The first-order valence-corrected chi connectivity index (χ1v) is 11.7. The van der Waals surface area contributed by atoms with Crippen molar-refractivity contribution in [1.82, 2.24) is 5.32 Å². The van der Waals surface area contributed by atoms with Crippen LogP contribution >= 0.6 is 0 Å². The Morgan fingerprint density at radius 3 is 2.09 bits per heavy atom. The Kier molecular flexibility index (Phi) is 7.51. The van der Waals surface area contributed by atoms with Crippen molar-refractivity contribution in [3.8, 4) is 22.6 Å². The summed E-state index contributed by atoms with van der Waals surface area (Å²) in [7, 11) is 1.65. The van der Waals surface area contributed by atoms with Gasteiger partial charge in [-0.25, -0.2) is 0 Å². The number of nitrogens with one attached hydrogen (secondary N) is 2. The third kappa shape index (κ3) is 5.86. The van der Waals surface area contributed by atoms with Crippen LogP contribution in [0.3, 0.4) is 0 Å². The van der Waals surface area contributed by atoms with Crippen LogP contribution in [0.2, 0.25) is 0 Å². The second-order valence-electron chi connectivity index (χ2n) is 8.46. The lowest BCUT2D eigenvalue weighted by Crippen LogP contribution is -2.53. The smallest absolute Gasteiger partial charge is 0.264 e. The Labute approximate surface area is 196 Å². The third-order valence-corrected chi connectivity index (χ3v) is 6.18. The summed E-state index contributed by atoms with van der Waals surface area (Å²) >= 11 is 0. The second kappa shape index (κ2) is 10.9. The van der Waals surface area contributed by atoms with Crippen molar-refractivity contribution >= 4 is 11.6 Å². The molecule has 0 saturated heterocycles. The van der Waals surface area contributed by atoms with Gasteiger partial charge in [-0.3, -0.25) is 4.79 Å². The van der Waals surface area contributed by atoms with Crippen LogP contribution in [0.5, 0.6) is 11.5 Å². The van der Waals surface area contributed by atoms with Gasteiger partial charge in [-0.15, -0.1) is 0 Å². The Morgan fingerprint density at radius 1 is 0.788 bits per heavy atom. The summed E-state index contributed by atoms with van der Waals surface area (Å²) in [6.07, 6.45) is 4.62. The molecular weight excluding hydrogens is 412 g/mol. The zero-order chi connectivity index (χ0) is 22.9. The highest BCUT2D eigenvalue weighted by Gasteiger charge is 2.41. The molecule has 0 aliphatic heterocycles. The SMILES string of the molecule is COc1ccc(NCCNC(=O)C2(Oc3ccc(-c4ccccc4)cc3)CCCCC2)cc1. The number of ether oxygens (including phenoxy) is 2. The Balaban J connectivity index is 1.35. The summed E-state index contributed by atoms with van der Waals surface area (Å²) in [5.74, 6) is 1.54. The minimum atomic E-state index is -0.799. The average Bonchev–Trinajstić information content (AvgIpc) is 2.88. The van der Waals surface area contributed by atoms with Crippen molar-refractivity contribution in [1.29, 1.82) is 0 Å². The largest absolute Gasteiger partial charge is 0.497 e. The van der Waals surface area contributed by atoms with Gasteiger partial charge in [-0.2, -0.15) is 0 Å². The fourth-order valence-electron chi connectivity index (χ4n) is 4.32. The van der Waals surface area contributed by atoms with Gasteiger partial charge in [0.05, 0.1) is 7.11 Å². The normalized spacial score (nSPS) is 14.8. The average molecular weight is 445 g/mol. The molecule has 0 spiro atoms. The van der Waals surface area contributed by atoms with Gasteiger partial charge in [-0.05, 0) is 73.2 Å². The van der Waals surface area contributed by atoms with Gasteiger partial charge in [0.25, 0.3) is 5.91 Å². The van der Waals surface area contributed by atoms with Crippen LogP contribution in [-0.2, 0) is 4.79 Å². The quantitative estimate of drug-likeness (QED) is 0.417. The molecule has 0 atom stereocenters. The Hall–Kier alpha value is -3.47. The number of hydrogen-bond acceptors (Lipinski definition) is 4. The number of rotatable bonds is 9. The number of anilines is 1. The lowest BCUT2D eigenvalue weighted by Gasteiger charge is -2.36. The molecule has 1 amide bonds. The lowest BCUT2D eigenvalue weighted by molar-refractivity contribution is -0.139. The highest BCUT2D eigenvalue weighted by atomic mass is 16.5. The van der Waals surface area contributed by atoms with E-state index in [1.54, 1.807) is 7.11 Å². The fourth-order valence-corrected chi connectivity index (χ4v) is 4.32. The van der Waals surface area contributed by atoms with E-state index in [2.05, 4.69) is 34.9 Å². The van der Waals surface area contributed by atoms with Crippen LogP contribution < -0.4 is 20.1 Å². The lowest BCUT2D eigenvalue weighted by atomic mass is 9.83. The topological polar surface area (TPSA) is 59.6 Å². The van der Waals surface area contributed by atoms with Crippen molar-refractivity contribution in [2.24, 2.45) is 0 Å². The first-order valence-electron chi connectivity index (χ1n) is 11.7. The molecule has 0 bridgehead atoms. The number of benzene rings is 3. The van der Waals surface area contributed by atoms with Gasteiger partial charge in [0.15, 0.2) is 5.60 Å². The van der Waals surface area contributed by atoms with Gasteiger partial charge in [0.2, 0.25) is 0 Å². The summed E-state index contributed by atoms with van der Waals surface area (Å²) in [6, 6.07) is 26.1. The summed E-state index contributed by atoms with van der Waals surface area (Å²) < 4.78 is 11.6. The van der Waals surface area contributed by atoms with Gasteiger partial charge in [0.1, 0.15) is 11.5 Å². The van der Waals surface area contributed by atoms with E-state index in [1.807, 2.05) is 54.6 Å². The molecule has 0 unspecified atom stereocenters. The standard InChI is InChI=1S/C28H32N2O3/c1-32-25-16-12-24(13-17-25)29-20-21-30-27(31)28(18-6-3-7-19-28)33-26-14-10-23(11-15-26)22-8-4-2-5-9-22/h2,4-5,8-17,29H,3,6-7,18-21H2,1H3,(H,30,31). The zero-order valence-electron chi connectivity index (χ0n) is 19.2. The van der Waals surface area contributed by atoms with E-state index in [1.165, 1.54) is 5.56 Å². The monoisotopic (exact) mass is 444 g/mol. The van der Waals surface area contributed by atoms with E-state index >= 15 is 0 Å². The maximum absolute atomic E-state index is 13.2. The van der Waals surface area contributed by atoms with Crippen molar-refractivity contribution in [2.75, 3.05) is 25.5 Å². The second-order valence-corrected chi connectivity index (χ2v) is 8.46. The summed E-state index contributed by atoms with van der Waals surface area (Å²) in [4.78, 5) is 13.2. The molecule has 4 rings (SSSR count). The van der Waals surface area contributed by atoms with Crippen molar-refractivity contribution in [2.45, 2.75) is 37.7 Å². The molecule has 3 aromatic carbocycles. The molecule has 3 aromatic rings. The highest BCUT2D eigenvalue weighted by molar-refractivity contribution is 5.85. The van der Waals surface area contributed by atoms with Crippen molar-refractivity contribution < 1.29 is 14.3 Å². The molecule has 172 valence electrons. The van der Waals surface area contributed by atoms with Crippen LogP contribution in [0.25, 0.3) is 11.1 Å². The maximum Gasteiger partial charge on any atom is 0.264 e. The fraction of sp³-hybridized carbons (Fsp3) is 0.321. The first kappa shape index (κ1) is 22.7. The molecule has 5 nitrogen and oxygen atoms in total. The number of carbonyl (C=O) groups is 1. The van der Waals surface area contributed by atoms with Crippen LogP contribution in [0.15, 0.2) is 78.9 Å². The molecule has 0 radical (unpaired) electrons. The number of carbonyl (C=O) groups excluding carboxylic acids is 1. The van der Waals surface area contributed by atoms with Gasteiger partial charge in [-0.1, -0.05) is 48.9 Å². The summed E-state index contributed by atoms with van der Waals surface area (Å²) in [5.41, 5.74) is 2.49. The molecule has 0 aromatic heterocycles. The third-order valence-electron chi connectivity index (χ3n) is 6.18. The zero-order valence-corrected chi connectivity index (χ0v) is 19.2. The number of methoxy groups -OCH3 is 1. The number of amides is 1. The van der Waals surface area contributed by atoms with E-state index in [0.717, 1.165) is 54.9 Å². The van der Waals surface area contributed by atoms with E-state index in [-0.39, 0.29) is 5.91 Å². The number of hydrogen-bond donors (Lipinski definition) is 2. The molecule has 33 heavy (non-hydrogen) atoms. The minimum absolute atomic E-state index is 0.0223. The molecule has 2 N–H and O–H groups in total. The molecular formula is C28H32N2O3. The summed E-state index contributed by atoms with van der Waals surface area (Å²) in [6.45, 7) is 1.17. The van der Waals surface area contributed by atoms with Crippen LogP contribution in [0, 0.1) is 0 Å². The van der Waals surface area contributed by atoms with Crippen LogP contribution in [-0.4, -0.2) is 31.7 Å². The van der Waals surface area contributed by atoms with E-state index in [9.17, 15) is 4.79 Å². The Bertz CT molecular complexity index is 1010. The van der Waals surface area contributed by atoms with Crippen LogP contribution in [0.1, 0.15) is 32.1 Å². The van der Waals surface area contributed by atoms with Gasteiger partial charge >= 0.3 is 0 Å². The molecule has 1 aliphatic carbocycles. The maximum atomic E-state index is 13.2. The predicted molar refractivity (Wildman–Crippen MR) is 133 cm³/mol. The molecule has 5 heteroatoms. The van der Waals surface area contributed by atoms with Gasteiger partial charge in [0, 0.05) is 18.8 Å². The molecule has 1 saturated carbocycles. The minimum Gasteiger partial charge on any atom is -0.497 e. The van der Waals surface area contributed by atoms with E-state index in [4.69, 9.17) is 9.47 Å². The highest BCUT2D eigenvalue weighted by Crippen LogP contribution is 2.34. The molecule has 1 fully saturated rings. The first-order chi connectivity index (χ1) is 16.2.